The van der Waals surface area contributed by atoms with E-state index in [0.717, 1.165) is 25.9 Å². The molecule has 2 aromatic rings. The van der Waals surface area contributed by atoms with Gasteiger partial charge in [-0.15, -0.1) is 0 Å². The summed E-state index contributed by atoms with van der Waals surface area (Å²) in [5.41, 5.74) is -0.0713. The number of aromatic nitrogens is 2. The topological polar surface area (TPSA) is 89.5 Å². The number of rotatable bonds is 2. The summed E-state index contributed by atoms with van der Waals surface area (Å²) in [5.74, 6) is -0.247. The summed E-state index contributed by atoms with van der Waals surface area (Å²) < 4.78 is 0. The van der Waals surface area contributed by atoms with Crippen molar-refractivity contribution in [3.63, 3.8) is 0 Å². The molecule has 0 unspecified atom stereocenters. The van der Waals surface area contributed by atoms with Crippen molar-refractivity contribution >= 4 is 16.7 Å². The molecule has 2 aliphatic heterocycles. The molecule has 126 valence electrons. The number of aromatic amines is 1. The van der Waals surface area contributed by atoms with E-state index in [1.165, 1.54) is 0 Å². The molecule has 0 aliphatic carbocycles. The minimum Gasteiger partial charge on any atom is -0.390 e. The van der Waals surface area contributed by atoms with Crippen LogP contribution in [0.25, 0.3) is 10.8 Å². The predicted molar refractivity (Wildman–Crippen MR) is 88.9 cm³/mol. The fraction of sp³-hybridized carbons (Fsp3) is 0.471. The Bertz CT molecular complexity index is 828. The number of aliphatic hydroxyl groups excluding tert-OH is 1. The molecule has 24 heavy (non-hydrogen) atoms. The third-order valence-electron chi connectivity index (χ3n) is 5.05. The minimum atomic E-state index is -0.541. The number of aliphatic hydroxyl groups is 1. The number of hydrogen-bond donors (Lipinski definition) is 2. The molecule has 0 spiro atoms. The maximum atomic E-state index is 12.9. The lowest BCUT2D eigenvalue weighted by Gasteiger charge is -2.25. The van der Waals surface area contributed by atoms with E-state index in [1.807, 2.05) is 0 Å². The molecule has 4 rings (SSSR count). The molecular formula is C17H20N4O3. The van der Waals surface area contributed by atoms with Gasteiger partial charge in [0.1, 0.15) is 0 Å². The molecule has 2 aliphatic rings. The van der Waals surface area contributed by atoms with Crippen molar-refractivity contribution in [3.05, 3.63) is 40.3 Å². The monoisotopic (exact) mass is 328 g/mol. The van der Waals surface area contributed by atoms with E-state index in [9.17, 15) is 14.7 Å². The first-order chi connectivity index (χ1) is 11.6. The Labute approximate surface area is 138 Å². The van der Waals surface area contributed by atoms with Crippen LogP contribution in [0.1, 0.15) is 23.3 Å². The average molecular weight is 328 g/mol. The molecule has 0 bridgehead atoms. The van der Waals surface area contributed by atoms with Gasteiger partial charge in [-0.2, -0.15) is 5.10 Å². The van der Waals surface area contributed by atoms with E-state index in [2.05, 4.69) is 15.1 Å². The van der Waals surface area contributed by atoms with Crippen molar-refractivity contribution in [1.82, 2.24) is 20.0 Å². The summed E-state index contributed by atoms with van der Waals surface area (Å²) in [6, 6.07) is 6.94. The van der Waals surface area contributed by atoms with Crippen molar-refractivity contribution in [2.45, 2.75) is 25.0 Å². The Morgan fingerprint density at radius 3 is 2.62 bits per heavy atom. The van der Waals surface area contributed by atoms with E-state index in [0.29, 0.717) is 23.9 Å². The highest BCUT2D eigenvalue weighted by atomic mass is 16.3. The first-order valence-electron chi connectivity index (χ1n) is 8.34. The van der Waals surface area contributed by atoms with Gasteiger partial charge in [-0.25, -0.2) is 5.10 Å². The van der Waals surface area contributed by atoms with E-state index in [4.69, 9.17) is 0 Å². The number of β-amino-alcohol motifs (C(OH)–C–C–N with tert-alkyl or cyclic N) is 1. The Morgan fingerprint density at radius 2 is 1.88 bits per heavy atom. The lowest BCUT2D eigenvalue weighted by Crippen LogP contribution is -2.41. The summed E-state index contributed by atoms with van der Waals surface area (Å²) in [6.45, 7) is 2.75. The van der Waals surface area contributed by atoms with Crippen LogP contribution in [0.15, 0.2) is 29.1 Å². The molecule has 0 radical (unpaired) electrons. The van der Waals surface area contributed by atoms with Gasteiger partial charge in [-0.1, -0.05) is 18.2 Å². The smallest absolute Gasteiger partial charge is 0.275 e. The van der Waals surface area contributed by atoms with Crippen LogP contribution in [0.2, 0.25) is 0 Å². The summed E-state index contributed by atoms with van der Waals surface area (Å²) >= 11 is 0. The second-order valence-electron chi connectivity index (χ2n) is 6.53. The van der Waals surface area contributed by atoms with E-state index in [1.54, 1.807) is 29.2 Å². The van der Waals surface area contributed by atoms with Crippen molar-refractivity contribution in [2.24, 2.45) is 0 Å². The third-order valence-corrected chi connectivity index (χ3v) is 5.05. The molecule has 1 amide bonds. The Hall–Kier alpha value is -2.25. The first kappa shape index (κ1) is 15.3. The van der Waals surface area contributed by atoms with Gasteiger partial charge in [0, 0.05) is 18.5 Å². The third kappa shape index (κ3) is 2.50. The van der Waals surface area contributed by atoms with E-state index in [-0.39, 0.29) is 23.2 Å². The fourth-order valence-corrected chi connectivity index (χ4v) is 3.79. The van der Waals surface area contributed by atoms with Gasteiger partial charge in [0.05, 0.1) is 17.5 Å². The zero-order chi connectivity index (χ0) is 16.7. The number of carbonyl (C=O) groups excluding carboxylic acids is 1. The molecule has 1 aromatic carbocycles. The van der Waals surface area contributed by atoms with Crippen LogP contribution in [0.5, 0.6) is 0 Å². The normalized spacial score (nSPS) is 24.8. The Morgan fingerprint density at radius 1 is 1.17 bits per heavy atom. The number of nitrogens with zero attached hydrogens (tertiary/aromatic N) is 3. The molecule has 3 heterocycles. The Kier molecular flexibility index (Phi) is 3.82. The number of carbonyl (C=O) groups is 1. The Balaban J connectivity index is 1.63. The number of H-pyrrole nitrogens is 1. The highest BCUT2D eigenvalue weighted by Crippen LogP contribution is 2.23. The molecule has 1 aromatic heterocycles. The van der Waals surface area contributed by atoms with Gasteiger partial charge in [-0.05, 0) is 32.0 Å². The van der Waals surface area contributed by atoms with Crippen molar-refractivity contribution in [2.75, 3.05) is 26.2 Å². The van der Waals surface area contributed by atoms with E-state index < -0.39 is 6.10 Å². The first-order valence-corrected chi connectivity index (χ1v) is 8.34. The number of likely N-dealkylation sites (tertiary alicyclic amines) is 2. The molecule has 0 saturated carbocycles. The molecule has 2 saturated heterocycles. The van der Waals surface area contributed by atoms with Gasteiger partial charge in [-0.3, -0.25) is 14.5 Å². The summed E-state index contributed by atoms with van der Waals surface area (Å²) in [7, 11) is 0. The fourth-order valence-electron chi connectivity index (χ4n) is 3.79. The predicted octanol–water partition coefficient (Wildman–Crippen LogP) is 0.204. The maximum Gasteiger partial charge on any atom is 0.275 e. The van der Waals surface area contributed by atoms with Crippen molar-refractivity contribution in [1.29, 1.82) is 0 Å². The highest BCUT2D eigenvalue weighted by molar-refractivity contribution is 6.04. The van der Waals surface area contributed by atoms with Gasteiger partial charge >= 0.3 is 0 Å². The van der Waals surface area contributed by atoms with Crippen LogP contribution in [0.3, 0.4) is 0 Å². The van der Waals surface area contributed by atoms with E-state index >= 15 is 0 Å². The zero-order valence-electron chi connectivity index (χ0n) is 13.3. The molecule has 2 fully saturated rings. The second kappa shape index (κ2) is 5.99. The lowest BCUT2D eigenvalue weighted by atomic mass is 10.1. The summed E-state index contributed by atoms with van der Waals surface area (Å²) in [4.78, 5) is 28.7. The number of benzene rings is 1. The van der Waals surface area contributed by atoms with Crippen LogP contribution in [-0.2, 0) is 0 Å². The molecule has 7 heteroatoms. The van der Waals surface area contributed by atoms with Crippen LogP contribution in [-0.4, -0.2) is 69.3 Å². The zero-order valence-corrected chi connectivity index (χ0v) is 13.3. The van der Waals surface area contributed by atoms with Crippen LogP contribution < -0.4 is 5.56 Å². The molecule has 2 atom stereocenters. The van der Waals surface area contributed by atoms with Gasteiger partial charge < -0.3 is 10.0 Å². The number of amides is 1. The van der Waals surface area contributed by atoms with Gasteiger partial charge in [0.2, 0.25) is 0 Å². The number of fused-ring (bicyclic) bond motifs is 1. The lowest BCUT2D eigenvalue weighted by molar-refractivity contribution is 0.0758. The van der Waals surface area contributed by atoms with Gasteiger partial charge in [0.25, 0.3) is 11.5 Å². The van der Waals surface area contributed by atoms with Crippen molar-refractivity contribution in [3.8, 4) is 0 Å². The SMILES string of the molecule is O=C(c1n[nH]c(=O)c2ccccc12)N1C[C@@H](O)[C@H](N2CCCC2)C1. The quantitative estimate of drug-likeness (QED) is 0.822. The summed E-state index contributed by atoms with van der Waals surface area (Å²) in [5, 5.41) is 17.7. The molecular weight excluding hydrogens is 308 g/mol. The minimum absolute atomic E-state index is 0.00882. The van der Waals surface area contributed by atoms with Crippen molar-refractivity contribution < 1.29 is 9.90 Å². The standard InChI is InChI=1S/C17H20N4O3/c22-14-10-21(9-13(14)20-7-3-4-8-20)17(24)15-11-5-1-2-6-12(11)16(23)19-18-15/h1-2,5-6,13-14,22H,3-4,7-10H2,(H,19,23)/t13-,14-/m1/s1. The molecule has 7 nitrogen and oxygen atoms in total. The number of nitrogens with one attached hydrogen (secondary N) is 1. The van der Waals surface area contributed by atoms with Crippen LogP contribution >= 0.6 is 0 Å². The second-order valence-corrected chi connectivity index (χ2v) is 6.53. The van der Waals surface area contributed by atoms with Crippen LogP contribution in [0, 0.1) is 0 Å². The maximum absolute atomic E-state index is 12.9. The average Bonchev–Trinajstić information content (AvgIpc) is 3.24. The largest absolute Gasteiger partial charge is 0.390 e. The van der Waals surface area contributed by atoms with Crippen LogP contribution in [0.4, 0.5) is 0 Å². The molecule has 2 N–H and O–H groups in total. The number of hydrogen-bond acceptors (Lipinski definition) is 5. The highest BCUT2D eigenvalue weighted by Gasteiger charge is 2.39. The van der Waals surface area contributed by atoms with Gasteiger partial charge in [0.15, 0.2) is 5.69 Å². The summed E-state index contributed by atoms with van der Waals surface area (Å²) in [6.07, 6.45) is 1.74.